The number of thiophene rings is 1. The van der Waals surface area contributed by atoms with Crippen molar-refractivity contribution in [1.29, 1.82) is 0 Å². The second-order valence-corrected chi connectivity index (χ2v) is 3.86. The Bertz CT molecular complexity index is 209. The third-order valence-electron chi connectivity index (χ3n) is 1.33. The number of aliphatic hydroxyl groups is 1. The van der Waals surface area contributed by atoms with Crippen LogP contribution in [0.4, 0.5) is 0 Å². The van der Waals surface area contributed by atoms with Gasteiger partial charge in [0.1, 0.15) is 0 Å². The molecule has 1 nitrogen and oxygen atoms in total. The molecule has 0 amide bonds. The number of aliphatic hydroxyl groups excluding tert-OH is 1. The highest BCUT2D eigenvalue weighted by atomic mass is 79.9. The summed E-state index contributed by atoms with van der Waals surface area (Å²) in [5, 5.41) is 11.3. The van der Waals surface area contributed by atoms with Crippen molar-refractivity contribution in [1.82, 2.24) is 0 Å². The lowest BCUT2D eigenvalue weighted by Crippen LogP contribution is -1.90. The minimum absolute atomic E-state index is 0.297. The van der Waals surface area contributed by atoms with E-state index in [1.807, 2.05) is 18.4 Å². The van der Waals surface area contributed by atoms with Gasteiger partial charge in [0.05, 0.1) is 6.10 Å². The van der Waals surface area contributed by atoms with Crippen LogP contribution < -0.4 is 0 Å². The standard InChI is InChI=1S/C7H9BrOS/c1-2-6(9)7-5(8)3-4-10-7/h3-4,6,9H,2H2,1H3. The molecule has 0 radical (unpaired) electrons. The molecule has 1 rings (SSSR count). The first-order valence-electron chi connectivity index (χ1n) is 3.16. The Labute approximate surface area is 72.8 Å². The Morgan fingerprint density at radius 3 is 2.90 bits per heavy atom. The van der Waals surface area contributed by atoms with Crippen LogP contribution in [0.15, 0.2) is 15.9 Å². The smallest absolute Gasteiger partial charge is 0.0890 e. The molecular weight excluding hydrogens is 212 g/mol. The van der Waals surface area contributed by atoms with Crippen molar-refractivity contribution in [2.75, 3.05) is 0 Å². The van der Waals surface area contributed by atoms with E-state index in [9.17, 15) is 5.11 Å². The second-order valence-electron chi connectivity index (χ2n) is 2.06. The maximum absolute atomic E-state index is 9.38. The molecule has 1 atom stereocenters. The number of halogens is 1. The van der Waals surface area contributed by atoms with Crippen molar-refractivity contribution in [2.24, 2.45) is 0 Å². The van der Waals surface area contributed by atoms with Crippen LogP contribution in [0.3, 0.4) is 0 Å². The fourth-order valence-corrected chi connectivity index (χ4v) is 2.44. The maximum atomic E-state index is 9.38. The summed E-state index contributed by atoms with van der Waals surface area (Å²) in [7, 11) is 0. The Balaban J connectivity index is 2.82. The molecule has 0 saturated carbocycles. The summed E-state index contributed by atoms with van der Waals surface area (Å²) in [6, 6.07) is 1.96. The second kappa shape index (κ2) is 3.51. The molecule has 1 aromatic rings. The van der Waals surface area contributed by atoms with Crippen LogP contribution in [0.25, 0.3) is 0 Å². The molecule has 1 heterocycles. The molecule has 0 aliphatic rings. The van der Waals surface area contributed by atoms with Gasteiger partial charge in [0.25, 0.3) is 0 Å². The minimum Gasteiger partial charge on any atom is -0.388 e. The zero-order valence-electron chi connectivity index (χ0n) is 5.67. The first-order valence-corrected chi connectivity index (χ1v) is 4.84. The SMILES string of the molecule is CCC(O)c1sccc1Br. The molecule has 1 aromatic heterocycles. The van der Waals surface area contributed by atoms with E-state index in [2.05, 4.69) is 15.9 Å². The summed E-state index contributed by atoms with van der Waals surface area (Å²) >= 11 is 4.94. The molecule has 56 valence electrons. The summed E-state index contributed by atoms with van der Waals surface area (Å²) < 4.78 is 1.02. The topological polar surface area (TPSA) is 20.2 Å². The van der Waals surface area contributed by atoms with Gasteiger partial charge in [0.15, 0.2) is 0 Å². The van der Waals surface area contributed by atoms with Crippen LogP contribution in [0.2, 0.25) is 0 Å². The lowest BCUT2D eigenvalue weighted by atomic mass is 10.2. The third-order valence-corrected chi connectivity index (χ3v) is 3.31. The van der Waals surface area contributed by atoms with Crippen LogP contribution in [0.1, 0.15) is 24.3 Å². The zero-order chi connectivity index (χ0) is 7.56. The summed E-state index contributed by atoms with van der Waals surface area (Å²) in [6.45, 7) is 1.97. The van der Waals surface area contributed by atoms with Crippen LogP contribution in [-0.4, -0.2) is 5.11 Å². The van der Waals surface area contributed by atoms with Crippen molar-refractivity contribution < 1.29 is 5.11 Å². The van der Waals surface area contributed by atoms with Crippen molar-refractivity contribution in [3.63, 3.8) is 0 Å². The van der Waals surface area contributed by atoms with E-state index in [-0.39, 0.29) is 6.10 Å². The predicted molar refractivity (Wildman–Crippen MR) is 47.3 cm³/mol. The van der Waals surface area contributed by atoms with Gasteiger partial charge >= 0.3 is 0 Å². The minimum atomic E-state index is -0.297. The van der Waals surface area contributed by atoms with Crippen molar-refractivity contribution >= 4 is 27.3 Å². The largest absolute Gasteiger partial charge is 0.388 e. The Morgan fingerprint density at radius 1 is 1.80 bits per heavy atom. The molecule has 0 aromatic carbocycles. The normalized spacial score (nSPS) is 13.5. The van der Waals surface area contributed by atoms with Gasteiger partial charge in [-0.15, -0.1) is 11.3 Å². The number of hydrogen-bond acceptors (Lipinski definition) is 2. The Kier molecular flexibility index (Phi) is 2.89. The number of hydrogen-bond donors (Lipinski definition) is 1. The zero-order valence-corrected chi connectivity index (χ0v) is 8.08. The highest BCUT2D eigenvalue weighted by molar-refractivity contribution is 9.10. The van der Waals surface area contributed by atoms with Gasteiger partial charge in [-0.25, -0.2) is 0 Å². The van der Waals surface area contributed by atoms with Gasteiger partial charge in [0, 0.05) is 9.35 Å². The predicted octanol–water partition coefficient (Wildman–Crippen LogP) is 2.95. The van der Waals surface area contributed by atoms with Crippen LogP contribution >= 0.6 is 27.3 Å². The summed E-state index contributed by atoms with van der Waals surface area (Å²) in [5.41, 5.74) is 0. The van der Waals surface area contributed by atoms with E-state index in [1.54, 1.807) is 11.3 Å². The highest BCUT2D eigenvalue weighted by Gasteiger charge is 2.09. The van der Waals surface area contributed by atoms with Crippen molar-refractivity contribution in [3.05, 3.63) is 20.8 Å². The fourth-order valence-electron chi connectivity index (χ4n) is 0.729. The van der Waals surface area contributed by atoms with Crippen LogP contribution in [0, 0.1) is 0 Å². The van der Waals surface area contributed by atoms with E-state index < -0.39 is 0 Å². The summed E-state index contributed by atoms with van der Waals surface area (Å²) in [6.07, 6.45) is 0.480. The van der Waals surface area contributed by atoms with Gasteiger partial charge < -0.3 is 5.11 Å². The Hall–Kier alpha value is 0.140. The molecule has 0 bridgehead atoms. The quantitative estimate of drug-likeness (QED) is 0.813. The lowest BCUT2D eigenvalue weighted by molar-refractivity contribution is 0.177. The van der Waals surface area contributed by atoms with E-state index in [0.29, 0.717) is 0 Å². The lowest BCUT2D eigenvalue weighted by Gasteiger charge is -2.03. The van der Waals surface area contributed by atoms with E-state index >= 15 is 0 Å². The first kappa shape index (κ1) is 8.24. The van der Waals surface area contributed by atoms with Crippen LogP contribution in [-0.2, 0) is 0 Å². The molecule has 1 N–H and O–H groups in total. The van der Waals surface area contributed by atoms with E-state index in [1.165, 1.54) is 0 Å². The van der Waals surface area contributed by atoms with Crippen molar-refractivity contribution in [3.8, 4) is 0 Å². The van der Waals surface area contributed by atoms with E-state index in [0.717, 1.165) is 15.8 Å². The van der Waals surface area contributed by atoms with Gasteiger partial charge in [-0.2, -0.15) is 0 Å². The molecule has 1 unspecified atom stereocenters. The number of rotatable bonds is 2. The molecule has 0 saturated heterocycles. The average molecular weight is 221 g/mol. The van der Waals surface area contributed by atoms with Gasteiger partial charge in [0.2, 0.25) is 0 Å². The van der Waals surface area contributed by atoms with Crippen molar-refractivity contribution in [2.45, 2.75) is 19.4 Å². The van der Waals surface area contributed by atoms with Gasteiger partial charge in [-0.1, -0.05) is 6.92 Å². The maximum Gasteiger partial charge on any atom is 0.0890 e. The fraction of sp³-hybridized carbons (Fsp3) is 0.429. The molecule has 0 aliphatic carbocycles. The summed E-state index contributed by atoms with van der Waals surface area (Å²) in [5.74, 6) is 0. The highest BCUT2D eigenvalue weighted by Crippen LogP contribution is 2.30. The first-order chi connectivity index (χ1) is 4.75. The molecule has 3 heteroatoms. The van der Waals surface area contributed by atoms with E-state index in [4.69, 9.17) is 0 Å². The molecule has 0 aliphatic heterocycles. The van der Waals surface area contributed by atoms with Crippen LogP contribution in [0.5, 0.6) is 0 Å². The summed E-state index contributed by atoms with van der Waals surface area (Å²) in [4.78, 5) is 1.03. The average Bonchev–Trinajstić information content (AvgIpc) is 2.34. The van der Waals surface area contributed by atoms with Gasteiger partial charge in [-0.3, -0.25) is 0 Å². The molecule has 0 spiro atoms. The Morgan fingerprint density at radius 2 is 2.50 bits per heavy atom. The molecule has 0 fully saturated rings. The third kappa shape index (κ3) is 1.59. The molecule has 10 heavy (non-hydrogen) atoms. The monoisotopic (exact) mass is 220 g/mol. The molecular formula is C7H9BrOS. The van der Waals surface area contributed by atoms with Gasteiger partial charge in [-0.05, 0) is 33.8 Å².